The van der Waals surface area contributed by atoms with Gasteiger partial charge in [-0.2, -0.15) is 0 Å². The van der Waals surface area contributed by atoms with Gasteiger partial charge in [-0.05, 0) is 30.7 Å². The maximum absolute atomic E-state index is 12.6. The van der Waals surface area contributed by atoms with Gasteiger partial charge in [0.2, 0.25) is 5.91 Å². The van der Waals surface area contributed by atoms with Gasteiger partial charge in [-0.25, -0.2) is 0 Å². The SMILES string of the molecule is Cc1ccc(C(=O)CCC(=O)CCC(=O)N(C)Cc2ccccc2N2CCOCC2)s1. The molecule has 31 heavy (non-hydrogen) atoms. The van der Waals surface area contributed by atoms with Crippen molar-refractivity contribution < 1.29 is 19.1 Å². The molecular weight excluding hydrogens is 412 g/mol. The van der Waals surface area contributed by atoms with Gasteiger partial charge in [-0.3, -0.25) is 14.4 Å². The second kappa shape index (κ2) is 11.2. The number of benzene rings is 1. The maximum atomic E-state index is 12.6. The van der Waals surface area contributed by atoms with Crippen molar-refractivity contribution >= 4 is 34.5 Å². The predicted molar refractivity (Wildman–Crippen MR) is 123 cm³/mol. The topological polar surface area (TPSA) is 66.9 Å². The van der Waals surface area contributed by atoms with Gasteiger partial charge in [0.15, 0.2) is 5.78 Å². The van der Waals surface area contributed by atoms with Crippen LogP contribution in [0.2, 0.25) is 0 Å². The molecule has 1 fully saturated rings. The molecule has 7 heteroatoms. The zero-order valence-electron chi connectivity index (χ0n) is 18.3. The molecule has 2 aromatic rings. The number of hydrogen-bond donors (Lipinski definition) is 0. The zero-order valence-corrected chi connectivity index (χ0v) is 19.1. The van der Waals surface area contributed by atoms with Gasteiger partial charge in [-0.1, -0.05) is 18.2 Å². The van der Waals surface area contributed by atoms with Crippen molar-refractivity contribution in [2.75, 3.05) is 38.3 Å². The average Bonchev–Trinajstić information content (AvgIpc) is 3.23. The molecule has 1 amide bonds. The first kappa shape index (κ1) is 23.2. The van der Waals surface area contributed by atoms with Crippen LogP contribution in [-0.2, 0) is 20.9 Å². The molecule has 2 heterocycles. The molecule has 166 valence electrons. The van der Waals surface area contributed by atoms with E-state index in [4.69, 9.17) is 4.74 Å². The first-order chi connectivity index (χ1) is 14.9. The number of aryl methyl sites for hydroxylation is 1. The molecule has 1 aliphatic heterocycles. The molecule has 1 aromatic heterocycles. The molecule has 0 radical (unpaired) electrons. The second-order valence-corrected chi connectivity index (χ2v) is 9.14. The third-order valence-corrected chi connectivity index (χ3v) is 6.48. The minimum Gasteiger partial charge on any atom is -0.378 e. The van der Waals surface area contributed by atoms with Gasteiger partial charge in [-0.15, -0.1) is 11.3 Å². The number of ketones is 2. The fourth-order valence-corrected chi connectivity index (χ4v) is 4.46. The Morgan fingerprint density at radius 3 is 2.42 bits per heavy atom. The molecule has 0 spiro atoms. The Balaban J connectivity index is 1.45. The average molecular weight is 443 g/mol. The van der Waals surface area contributed by atoms with Crippen molar-refractivity contribution in [3.8, 4) is 0 Å². The van der Waals surface area contributed by atoms with Crippen LogP contribution in [0.15, 0.2) is 36.4 Å². The summed E-state index contributed by atoms with van der Waals surface area (Å²) in [6.45, 7) is 5.55. The van der Waals surface area contributed by atoms with Gasteiger partial charge in [0.05, 0.1) is 18.1 Å². The van der Waals surface area contributed by atoms with E-state index >= 15 is 0 Å². The van der Waals surface area contributed by atoms with Gasteiger partial charge in [0.1, 0.15) is 5.78 Å². The number of hydrogen-bond acceptors (Lipinski definition) is 6. The number of ether oxygens (including phenoxy) is 1. The molecule has 1 aliphatic rings. The van der Waals surface area contributed by atoms with E-state index < -0.39 is 0 Å². The minimum absolute atomic E-state index is 0.00499. The van der Waals surface area contributed by atoms with Crippen molar-refractivity contribution in [2.45, 2.75) is 39.2 Å². The van der Waals surface area contributed by atoms with E-state index in [0.717, 1.165) is 29.2 Å². The molecule has 6 nitrogen and oxygen atoms in total. The summed E-state index contributed by atoms with van der Waals surface area (Å²) in [6.07, 6.45) is 0.731. The third-order valence-electron chi connectivity index (χ3n) is 5.44. The summed E-state index contributed by atoms with van der Waals surface area (Å²) in [4.78, 5) is 42.6. The van der Waals surface area contributed by atoms with Crippen molar-refractivity contribution in [2.24, 2.45) is 0 Å². The smallest absolute Gasteiger partial charge is 0.223 e. The number of carbonyl (C=O) groups is 3. The Morgan fingerprint density at radius 2 is 1.71 bits per heavy atom. The minimum atomic E-state index is -0.0645. The van der Waals surface area contributed by atoms with E-state index in [0.29, 0.717) is 24.6 Å². The number of amides is 1. The lowest BCUT2D eigenvalue weighted by Crippen LogP contribution is -2.37. The van der Waals surface area contributed by atoms with Gasteiger partial charge in [0.25, 0.3) is 0 Å². The number of morpholine rings is 1. The van der Waals surface area contributed by atoms with E-state index in [1.54, 1.807) is 18.0 Å². The summed E-state index contributed by atoms with van der Waals surface area (Å²) in [5, 5.41) is 0. The fraction of sp³-hybridized carbons (Fsp3) is 0.458. The Hall–Kier alpha value is -2.51. The van der Waals surface area contributed by atoms with Crippen LogP contribution in [0.1, 0.15) is 45.8 Å². The molecular formula is C24H30N2O4S. The van der Waals surface area contributed by atoms with Crippen molar-refractivity contribution in [3.05, 3.63) is 51.7 Å². The van der Waals surface area contributed by atoms with Crippen LogP contribution < -0.4 is 4.90 Å². The zero-order chi connectivity index (χ0) is 22.2. The van der Waals surface area contributed by atoms with Gasteiger partial charge < -0.3 is 14.5 Å². The molecule has 0 saturated carbocycles. The molecule has 0 bridgehead atoms. The van der Waals surface area contributed by atoms with Gasteiger partial charge in [0, 0.05) is 62.9 Å². The Morgan fingerprint density at radius 1 is 1.00 bits per heavy atom. The normalized spacial score (nSPS) is 13.8. The Bertz CT molecular complexity index is 918. The maximum Gasteiger partial charge on any atom is 0.223 e. The summed E-state index contributed by atoms with van der Waals surface area (Å²) in [7, 11) is 1.77. The lowest BCUT2D eigenvalue weighted by Gasteiger charge is -2.31. The predicted octanol–water partition coefficient (Wildman–Crippen LogP) is 3.86. The summed E-state index contributed by atoms with van der Waals surface area (Å²) >= 11 is 1.45. The van der Waals surface area contributed by atoms with E-state index in [1.165, 1.54) is 11.3 Å². The second-order valence-electron chi connectivity index (χ2n) is 7.85. The number of carbonyl (C=O) groups excluding carboxylic acids is 3. The summed E-state index contributed by atoms with van der Waals surface area (Å²) in [6, 6.07) is 11.8. The number of anilines is 1. The summed E-state index contributed by atoms with van der Waals surface area (Å²) < 4.78 is 5.44. The van der Waals surface area contributed by atoms with Crippen molar-refractivity contribution in [1.82, 2.24) is 4.90 Å². The van der Waals surface area contributed by atoms with E-state index in [2.05, 4.69) is 11.0 Å². The monoisotopic (exact) mass is 442 g/mol. The lowest BCUT2D eigenvalue weighted by atomic mass is 10.1. The number of Topliss-reactive ketones (excluding diaryl/α,β-unsaturated/α-hetero) is 2. The van der Waals surface area contributed by atoms with Crippen LogP contribution in [-0.4, -0.2) is 55.7 Å². The number of thiophene rings is 1. The van der Waals surface area contributed by atoms with Crippen LogP contribution in [0.5, 0.6) is 0 Å². The Labute approximate surface area is 187 Å². The first-order valence-corrected chi connectivity index (χ1v) is 11.5. The largest absolute Gasteiger partial charge is 0.378 e. The molecule has 1 saturated heterocycles. The van der Waals surface area contributed by atoms with Crippen LogP contribution >= 0.6 is 11.3 Å². The molecule has 0 N–H and O–H groups in total. The summed E-state index contributed by atoms with van der Waals surface area (Å²) in [5.74, 6) is -0.114. The fourth-order valence-electron chi connectivity index (χ4n) is 3.62. The standard InChI is InChI=1S/C24H30N2O4S/c1-18-7-11-23(31-18)22(28)10-8-20(27)9-12-24(29)25(2)17-19-5-3-4-6-21(19)26-13-15-30-16-14-26/h3-7,11H,8-10,12-17H2,1-2H3. The Kier molecular flexibility index (Phi) is 8.37. The van der Waals surface area contributed by atoms with Crippen LogP contribution in [0, 0.1) is 6.92 Å². The van der Waals surface area contributed by atoms with Crippen LogP contribution in [0.3, 0.4) is 0 Å². The number of rotatable bonds is 10. The summed E-state index contributed by atoms with van der Waals surface area (Å²) in [5.41, 5.74) is 2.22. The van der Waals surface area contributed by atoms with E-state index in [1.807, 2.05) is 31.2 Å². The third kappa shape index (κ3) is 6.74. The molecule has 1 aromatic carbocycles. The van der Waals surface area contributed by atoms with E-state index in [-0.39, 0.29) is 43.2 Å². The van der Waals surface area contributed by atoms with E-state index in [9.17, 15) is 14.4 Å². The lowest BCUT2D eigenvalue weighted by molar-refractivity contribution is -0.132. The van der Waals surface area contributed by atoms with Crippen LogP contribution in [0.25, 0.3) is 0 Å². The number of nitrogens with zero attached hydrogens (tertiary/aromatic N) is 2. The molecule has 0 aliphatic carbocycles. The highest BCUT2D eigenvalue weighted by Gasteiger charge is 2.18. The molecule has 0 atom stereocenters. The molecule has 3 rings (SSSR count). The highest BCUT2D eigenvalue weighted by Crippen LogP contribution is 2.23. The highest BCUT2D eigenvalue weighted by molar-refractivity contribution is 7.14. The van der Waals surface area contributed by atoms with Crippen molar-refractivity contribution in [3.63, 3.8) is 0 Å². The van der Waals surface area contributed by atoms with Crippen molar-refractivity contribution in [1.29, 1.82) is 0 Å². The first-order valence-electron chi connectivity index (χ1n) is 10.7. The number of para-hydroxylation sites is 1. The quantitative estimate of drug-likeness (QED) is 0.523. The van der Waals surface area contributed by atoms with Gasteiger partial charge >= 0.3 is 0 Å². The highest BCUT2D eigenvalue weighted by atomic mass is 32.1. The van der Waals surface area contributed by atoms with Crippen LogP contribution in [0.4, 0.5) is 5.69 Å². The molecule has 0 unspecified atom stereocenters.